The van der Waals surface area contributed by atoms with E-state index < -0.39 is 7.60 Å². The Morgan fingerprint density at radius 2 is 1.33 bits per heavy atom. The Balaban J connectivity index is 1.92. The lowest BCUT2D eigenvalue weighted by atomic mass is 10.0. The normalized spacial score (nSPS) is 24.6. The van der Waals surface area contributed by atoms with Gasteiger partial charge in [-0.3, -0.25) is 4.57 Å². The van der Waals surface area contributed by atoms with Crippen LogP contribution in [0.4, 0.5) is 0 Å². The molecule has 0 saturated carbocycles. The Labute approximate surface area is 169 Å². The molecule has 0 aromatic carbocycles. The molecule has 1 fully saturated rings. The zero-order valence-electron chi connectivity index (χ0n) is 18.4. The van der Waals surface area contributed by atoms with Gasteiger partial charge in [0.1, 0.15) is 0 Å². The lowest BCUT2D eigenvalue weighted by Gasteiger charge is -2.30. The summed E-state index contributed by atoms with van der Waals surface area (Å²) in [7, 11) is -0.775. The molecule has 1 rings (SSSR count). The molecule has 1 aliphatic heterocycles. The summed E-state index contributed by atoms with van der Waals surface area (Å²) in [5, 5.41) is 0. The van der Waals surface area contributed by atoms with Crippen molar-refractivity contribution in [2.24, 2.45) is 0 Å². The molecule has 1 saturated heterocycles. The van der Waals surface area contributed by atoms with Crippen molar-refractivity contribution < 1.29 is 13.6 Å². The molecule has 2 atom stereocenters. The van der Waals surface area contributed by atoms with Crippen molar-refractivity contribution in [3.8, 4) is 0 Å². The fourth-order valence-electron chi connectivity index (χ4n) is 3.85. The van der Waals surface area contributed by atoms with Crippen LogP contribution in [0.25, 0.3) is 0 Å². The third-order valence-corrected chi connectivity index (χ3v) is 6.87. The van der Waals surface area contributed by atoms with Gasteiger partial charge < -0.3 is 13.9 Å². The van der Waals surface area contributed by atoms with Crippen molar-refractivity contribution in [3.63, 3.8) is 0 Å². The first-order chi connectivity index (χ1) is 13.0. The number of likely N-dealkylation sites (N-methyl/N-ethyl adjacent to an activating group) is 1. The van der Waals surface area contributed by atoms with Crippen LogP contribution < -0.4 is 0 Å². The van der Waals surface area contributed by atoms with E-state index in [4.69, 9.17) is 9.05 Å². The summed E-state index contributed by atoms with van der Waals surface area (Å²) in [6.07, 6.45) is 20.3. The SMILES string of the molecule is CCCCCCCCCCCCCCCCC1CN(C)CCOP(C)(=O)O1. The van der Waals surface area contributed by atoms with Gasteiger partial charge in [0.2, 0.25) is 0 Å². The zero-order valence-corrected chi connectivity index (χ0v) is 19.3. The standard InChI is InChI=1S/C22H46NO3P/c1-4-5-6-7-8-9-10-11-12-13-14-15-16-17-18-22-21-23(2)19-20-25-27(3,24)26-22/h22H,4-21H2,1-3H3. The van der Waals surface area contributed by atoms with Crippen LogP contribution in [0.3, 0.4) is 0 Å². The smallest absolute Gasteiger partial charge is 0.307 e. The molecule has 162 valence electrons. The largest absolute Gasteiger partial charge is 0.327 e. The van der Waals surface area contributed by atoms with Crippen molar-refractivity contribution in [2.45, 2.75) is 109 Å². The van der Waals surface area contributed by atoms with E-state index in [2.05, 4.69) is 18.9 Å². The molecule has 0 bridgehead atoms. The van der Waals surface area contributed by atoms with E-state index in [-0.39, 0.29) is 6.10 Å². The van der Waals surface area contributed by atoms with E-state index >= 15 is 0 Å². The van der Waals surface area contributed by atoms with Crippen LogP contribution in [-0.2, 0) is 13.6 Å². The number of unbranched alkanes of at least 4 members (excludes halogenated alkanes) is 13. The zero-order chi connectivity index (χ0) is 19.8. The summed E-state index contributed by atoms with van der Waals surface area (Å²) in [5.74, 6) is 0. The topological polar surface area (TPSA) is 38.8 Å². The van der Waals surface area contributed by atoms with Gasteiger partial charge in [-0.25, -0.2) is 0 Å². The van der Waals surface area contributed by atoms with Gasteiger partial charge in [0.15, 0.2) is 0 Å². The van der Waals surface area contributed by atoms with Gasteiger partial charge in [-0.1, -0.05) is 96.8 Å². The molecule has 5 heteroatoms. The fraction of sp³-hybridized carbons (Fsp3) is 1.00. The van der Waals surface area contributed by atoms with Crippen LogP contribution in [-0.4, -0.2) is 44.4 Å². The maximum Gasteiger partial charge on any atom is 0.327 e. The van der Waals surface area contributed by atoms with E-state index in [0.29, 0.717) is 6.61 Å². The minimum Gasteiger partial charge on any atom is -0.307 e. The quantitative estimate of drug-likeness (QED) is 0.217. The van der Waals surface area contributed by atoms with Gasteiger partial charge in [-0.15, -0.1) is 0 Å². The number of nitrogens with zero attached hydrogens (tertiary/aromatic N) is 1. The minimum absolute atomic E-state index is 0.0449. The molecule has 1 heterocycles. The molecular weight excluding hydrogens is 357 g/mol. The third kappa shape index (κ3) is 14.7. The first kappa shape index (κ1) is 25.1. The van der Waals surface area contributed by atoms with Crippen LogP contribution in [0.15, 0.2) is 0 Å². The highest BCUT2D eigenvalue weighted by molar-refractivity contribution is 7.53. The predicted octanol–water partition coefficient (Wildman–Crippen LogP) is 7.03. The summed E-state index contributed by atoms with van der Waals surface area (Å²) in [6.45, 7) is 6.07. The molecule has 0 aliphatic carbocycles. The molecule has 27 heavy (non-hydrogen) atoms. The highest BCUT2D eigenvalue weighted by atomic mass is 31.2. The lowest BCUT2D eigenvalue weighted by Crippen LogP contribution is -2.35. The van der Waals surface area contributed by atoms with Crippen LogP contribution in [0.5, 0.6) is 0 Å². The third-order valence-electron chi connectivity index (χ3n) is 5.53. The van der Waals surface area contributed by atoms with E-state index in [9.17, 15) is 4.57 Å². The number of hydrogen-bond acceptors (Lipinski definition) is 4. The second-order valence-electron chi connectivity index (χ2n) is 8.48. The second kappa shape index (κ2) is 16.0. The van der Waals surface area contributed by atoms with Gasteiger partial charge in [-0.2, -0.15) is 0 Å². The molecule has 0 N–H and O–H groups in total. The van der Waals surface area contributed by atoms with Crippen molar-refractivity contribution >= 4 is 7.60 Å². The Kier molecular flexibility index (Phi) is 14.9. The Morgan fingerprint density at radius 1 is 0.852 bits per heavy atom. The maximum absolute atomic E-state index is 12.2. The molecular formula is C22H46NO3P. The molecule has 0 aromatic heterocycles. The lowest BCUT2D eigenvalue weighted by molar-refractivity contribution is 0.0768. The predicted molar refractivity (Wildman–Crippen MR) is 117 cm³/mol. The molecule has 0 radical (unpaired) electrons. The summed E-state index contributed by atoms with van der Waals surface area (Å²) in [6, 6.07) is 0. The molecule has 0 spiro atoms. The molecule has 0 amide bonds. The van der Waals surface area contributed by atoms with E-state index in [1.165, 1.54) is 83.5 Å². The van der Waals surface area contributed by atoms with Crippen molar-refractivity contribution in [3.05, 3.63) is 0 Å². The monoisotopic (exact) mass is 403 g/mol. The molecule has 2 unspecified atom stereocenters. The van der Waals surface area contributed by atoms with Crippen molar-refractivity contribution in [1.29, 1.82) is 0 Å². The van der Waals surface area contributed by atoms with Crippen LogP contribution in [0.2, 0.25) is 0 Å². The van der Waals surface area contributed by atoms with Gasteiger partial charge in [-0.05, 0) is 13.5 Å². The van der Waals surface area contributed by atoms with E-state index in [1.807, 2.05) is 0 Å². The van der Waals surface area contributed by atoms with Gasteiger partial charge in [0.25, 0.3) is 0 Å². The van der Waals surface area contributed by atoms with E-state index in [0.717, 1.165) is 25.9 Å². The summed E-state index contributed by atoms with van der Waals surface area (Å²) in [5.41, 5.74) is 0. The highest BCUT2D eigenvalue weighted by Gasteiger charge is 2.26. The maximum atomic E-state index is 12.2. The number of hydrogen-bond donors (Lipinski definition) is 0. The average Bonchev–Trinajstić information content (AvgIpc) is 2.60. The first-order valence-corrected chi connectivity index (χ1v) is 13.6. The Hall–Kier alpha value is 0.110. The molecule has 1 aliphatic rings. The van der Waals surface area contributed by atoms with Crippen LogP contribution in [0.1, 0.15) is 103 Å². The summed E-state index contributed by atoms with van der Waals surface area (Å²) < 4.78 is 23.3. The van der Waals surface area contributed by atoms with Gasteiger partial charge >= 0.3 is 7.60 Å². The minimum atomic E-state index is -2.86. The van der Waals surface area contributed by atoms with Crippen molar-refractivity contribution in [1.82, 2.24) is 4.90 Å². The molecule has 4 nitrogen and oxygen atoms in total. The first-order valence-electron chi connectivity index (χ1n) is 11.6. The van der Waals surface area contributed by atoms with Gasteiger partial charge in [0, 0.05) is 19.8 Å². The fourth-order valence-corrected chi connectivity index (χ4v) is 5.03. The molecule has 0 aromatic rings. The second-order valence-corrected chi connectivity index (χ2v) is 10.5. The van der Waals surface area contributed by atoms with E-state index in [1.54, 1.807) is 6.66 Å². The summed E-state index contributed by atoms with van der Waals surface area (Å²) >= 11 is 0. The van der Waals surface area contributed by atoms with Gasteiger partial charge in [0.05, 0.1) is 12.7 Å². The Bertz CT molecular complexity index is 392. The summed E-state index contributed by atoms with van der Waals surface area (Å²) in [4.78, 5) is 2.22. The highest BCUT2D eigenvalue weighted by Crippen LogP contribution is 2.46. The number of rotatable bonds is 15. The van der Waals surface area contributed by atoms with Crippen LogP contribution in [0, 0.1) is 0 Å². The van der Waals surface area contributed by atoms with Crippen LogP contribution >= 0.6 is 7.60 Å². The average molecular weight is 404 g/mol. The van der Waals surface area contributed by atoms with Crippen molar-refractivity contribution in [2.75, 3.05) is 33.4 Å². The Morgan fingerprint density at radius 3 is 1.85 bits per heavy atom.